The van der Waals surface area contributed by atoms with Crippen molar-refractivity contribution in [2.24, 2.45) is 10.9 Å². The van der Waals surface area contributed by atoms with E-state index in [4.69, 9.17) is 5.11 Å². The number of allylic oxidation sites excluding steroid dienone is 3. The van der Waals surface area contributed by atoms with Gasteiger partial charge in [0.25, 0.3) is 0 Å². The highest BCUT2D eigenvalue weighted by Crippen LogP contribution is 2.07. The average Bonchev–Trinajstić information content (AvgIpc) is 2.04. The van der Waals surface area contributed by atoms with Gasteiger partial charge in [-0.1, -0.05) is 18.2 Å². The van der Waals surface area contributed by atoms with Crippen molar-refractivity contribution in [3.8, 4) is 0 Å². The topological polar surface area (TPSA) is 32.6 Å². The standard InChI is InChI=1S/C8H11NO/c1-9-8-5-3-2-4-7(8)6-10/h2-5,7,10H,6H2,1H3/b9-8+/t7-/m1/s1. The first kappa shape index (κ1) is 7.22. The summed E-state index contributed by atoms with van der Waals surface area (Å²) >= 11 is 0. The summed E-state index contributed by atoms with van der Waals surface area (Å²) in [5, 5.41) is 8.83. The Bertz CT molecular complexity index is 191. The van der Waals surface area contributed by atoms with E-state index in [2.05, 4.69) is 4.99 Å². The van der Waals surface area contributed by atoms with Crippen LogP contribution in [0.2, 0.25) is 0 Å². The molecule has 0 amide bonds. The molecule has 0 fully saturated rings. The highest BCUT2D eigenvalue weighted by Gasteiger charge is 2.09. The van der Waals surface area contributed by atoms with Gasteiger partial charge in [0.15, 0.2) is 0 Å². The fourth-order valence-corrected chi connectivity index (χ4v) is 0.969. The maximum absolute atomic E-state index is 8.83. The minimum Gasteiger partial charge on any atom is -0.395 e. The van der Waals surface area contributed by atoms with Crippen LogP contribution >= 0.6 is 0 Å². The average molecular weight is 137 g/mol. The quantitative estimate of drug-likeness (QED) is 0.569. The Hall–Kier alpha value is -0.890. The number of aliphatic hydroxyl groups excluding tert-OH is 1. The molecule has 0 aromatic carbocycles. The van der Waals surface area contributed by atoms with Crippen molar-refractivity contribution in [1.29, 1.82) is 0 Å². The van der Waals surface area contributed by atoms with E-state index < -0.39 is 0 Å². The SMILES string of the molecule is C/N=C1\C=CC=C[C@@H]1CO. The molecule has 0 saturated heterocycles. The maximum Gasteiger partial charge on any atom is 0.0549 e. The summed E-state index contributed by atoms with van der Waals surface area (Å²) in [6, 6.07) is 0. The minimum absolute atomic E-state index is 0.106. The molecule has 0 aliphatic heterocycles. The largest absolute Gasteiger partial charge is 0.395 e. The van der Waals surface area contributed by atoms with Crippen LogP contribution in [0.3, 0.4) is 0 Å². The normalized spacial score (nSPS) is 27.8. The van der Waals surface area contributed by atoms with E-state index in [1.54, 1.807) is 7.05 Å². The molecule has 0 saturated carbocycles. The molecular formula is C8H11NO. The van der Waals surface area contributed by atoms with Crippen molar-refractivity contribution in [1.82, 2.24) is 0 Å². The first-order chi connectivity index (χ1) is 4.88. The van der Waals surface area contributed by atoms with E-state index in [0.29, 0.717) is 0 Å². The molecule has 54 valence electrons. The third-order valence-corrected chi connectivity index (χ3v) is 1.56. The molecule has 0 radical (unpaired) electrons. The molecule has 2 heteroatoms. The lowest BCUT2D eigenvalue weighted by molar-refractivity contribution is 0.281. The molecule has 10 heavy (non-hydrogen) atoms. The molecule has 1 aliphatic carbocycles. The lowest BCUT2D eigenvalue weighted by atomic mass is 10.00. The molecule has 1 rings (SSSR count). The summed E-state index contributed by atoms with van der Waals surface area (Å²) in [6.07, 6.45) is 7.72. The Kier molecular flexibility index (Phi) is 2.40. The van der Waals surface area contributed by atoms with Gasteiger partial charge < -0.3 is 5.11 Å². The van der Waals surface area contributed by atoms with Crippen LogP contribution in [-0.4, -0.2) is 24.5 Å². The number of hydrogen-bond acceptors (Lipinski definition) is 2. The highest BCUT2D eigenvalue weighted by atomic mass is 16.3. The van der Waals surface area contributed by atoms with Crippen molar-refractivity contribution < 1.29 is 5.11 Å². The molecule has 1 N–H and O–H groups in total. The predicted octanol–water partition coefficient (Wildman–Crippen LogP) is 0.792. The number of aliphatic hydroxyl groups is 1. The third kappa shape index (κ3) is 1.33. The van der Waals surface area contributed by atoms with Gasteiger partial charge in [0.1, 0.15) is 0 Å². The van der Waals surface area contributed by atoms with Crippen molar-refractivity contribution in [3.63, 3.8) is 0 Å². The van der Waals surface area contributed by atoms with Crippen LogP contribution in [0.5, 0.6) is 0 Å². The molecule has 0 heterocycles. The molecule has 1 atom stereocenters. The molecule has 0 unspecified atom stereocenters. The Morgan fingerprint density at radius 3 is 2.90 bits per heavy atom. The van der Waals surface area contributed by atoms with Gasteiger partial charge in [-0.2, -0.15) is 0 Å². The summed E-state index contributed by atoms with van der Waals surface area (Å²) in [5.41, 5.74) is 0.949. The Balaban J connectivity index is 2.74. The molecule has 0 aromatic heterocycles. The van der Waals surface area contributed by atoms with Crippen LogP contribution in [0.4, 0.5) is 0 Å². The lowest BCUT2D eigenvalue weighted by Crippen LogP contribution is -2.15. The zero-order valence-corrected chi connectivity index (χ0v) is 5.99. The van der Waals surface area contributed by atoms with Crippen LogP contribution in [0.25, 0.3) is 0 Å². The van der Waals surface area contributed by atoms with E-state index in [0.717, 1.165) is 5.71 Å². The van der Waals surface area contributed by atoms with Crippen molar-refractivity contribution in [3.05, 3.63) is 24.3 Å². The van der Waals surface area contributed by atoms with Crippen molar-refractivity contribution >= 4 is 5.71 Å². The Morgan fingerprint density at radius 1 is 1.60 bits per heavy atom. The summed E-state index contributed by atoms with van der Waals surface area (Å²) in [4.78, 5) is 4.02. The van der Waals surface area contributed by atoms with Crippen molar-refractivity contribution in [2.45, 2.75) is 0 Å². The zero-order valence-electron chi connectivity index (χ0n) is 5.99. The smallest absolute Gasteiger partial charge is 0.0549 e. The van der Waals surface area contributed by atoms with Crippen LogP contribution in [0, 0.1) is 5.92 Å². The second-order valence-corrected chi connectivity index (χ2v) is 2.18. The molecule has 0 spiro atoms. The van der Waals surface area contributed by atoms with Crippen LogP contribution < -0.4 is 0 Å². The van der Waals surface area contributed by atoms with E-state index in [9.17, 15) is 0 Å². The summed E-state index contributed by atoms with van der Waals surface area (Å²) in [7, 11) is 1.74. The minimum atomic E-state index is 0.106. The van der Waals surface area contributed by atoms with Gasteiger partial charge >= 0.3 is 0 Å². The number of rotatable bonds is 1. The van der Waals surface area contributed by atoms with Gasteiger partial charge in [0.2, 0.25) is 0 Å². The molecular weight excluding hydrogens is 126 g/mol. The summed E-state index contributed by atoms with van der Waals surface area (Å²) in [5.74, 6) is 0.106. The molecule has 0 aromatic rings. The van der Waals surface area contributed by atoms with Crippen LogP contribution in [0.1, 0.15) is 0 Å². The number of aliphatic imine (C=N–C) groups is 1. The molecule has 0 bridgehead atoms. The first-order valence-electron chi connectivity index (χ1n) is 3.31. The zero-order chi connectivity index (χ0) is 7.40. The third-order valence-electron chi connectivity index (χ3n) is 1.56. The number of nitrogens with zero attached hydrogens (tertiary/aromatic N) is 1. The second-order valence-electron chi connectivity index (χ2n) is 2.18. The second kappa shape index (κ2) is 3.32. The van der Waals surface area contributed by atoms with E-state index in [-0.39, 0.29) is 12.5 Å². The fraction of sp³-hybridized carbons (Fsp3) is 0.375. The van der Waals surface area contributed by atoms with Gasteiger partial charge in [-0.05, 0) is 6.08 Å². The van der Waals surface area contributed by atoms with Crippen molar-refractivity contribution in [2.75, 3.05) is 13.7 Å². The maximum atomic E-state index is 8.83. The van der Waals surface area contributed by atoms with Crippen LogP contribution in [0.15, 0.2) is 29.3 Å². The Morgan fingerprint density at radius 2 is 2.40 bits per heavy atom. The summed E-state index contributed by atoms with van der Waals surface area (Å²) < 4.78 is 0. The molecule has 2 nitrogen and oxygen atoms in total. The monoisotopic (exact) mass is 137 g/mol. The fourth-order valence-electron chi connectivity index (χ4n) is 0.969. The molecule has 1 aliphatic rings. The number of hydrogen-bond donors (Lipinski definition) is 1. The van der Waals surface area contributed by atoms with Crippen LogP contribution in [-0.2, 0) is 0 Å². The van der Waals surface area contributed by atoms with Gasteiger partial charge in [-0.3, -0.25) is 4.99 Å². The predicted molar refractivity (Wildman–Crippen MR) is 42.2 cm³/mol. The first-order valence-corrected chi connectivity index (χ1v) is 3.31. The van der Waals surface area contributed by atoms with Gasteiger partial charge in [-0.15, -0.1) is 0 Å². The van der Waals surface area contributed by atoms with E-state index in [1.165, 1.54) is 0 Å². The Labute approximate surface area is 60.6 Å². The van der Waals surface area contributed by atoms with Gasteiger partial charge in [0, 0.05) is 18.7 Å². The highest BCUT2D eigenvalue weighted by molar-refractivity contribution is 5.99. The van der Waals surface area contributed by atoms with E-state index >= 15 is 0 Å². The van der Waals surface area contributed by atoms with Gasteiger partial charge in [-0.25, -0.2) is 0 Å². The van der Waals surface area contributed by atoms with Gasteiger partial charge in [0.05, 0.1) is 6.61 Å². The lowest BCUT2D eigenvalue weighted by Gasteiger charge is -2.10. The summed E-state index contributed by atoms with van der Waals surface area (Å²) in [6.45, 7) is 0.146. The van der Waals surface area contributed by atoms with E-state index in [1.807, 2.05) is 24.3 Å².